The number of hydrogen-bond acceptors (Lipinski definition) is 5. The molecule has 0 radical (unpaired) electrons. The molecule has 0 bridgehead atoms. The van der Waals surface area contributed by atoms with Gasteiger partial charge in [-0.2, -0.15) is 0 Å². The van der Waals surface area contributed by atoms with Gasteiger partial charge in [0.1, 0.15) is 22.7 Å². The Hall–Kier alpha value is -3.70. The summed E-state index contributed by atoms with van der Waals surface area (Å²) in [4.78, 5) is 24.9. The van der Waals surface area contributed by atoms with Gasteiger partial charge in [0.25, 0.3) is 0 Å². The van der Waals surface area contributed by atoms with Crippen LogP contribution < -0.4 is 9.47 Å². The van der Waals surface area contributed by atoms with Gasteiger partial charge in [-0.1, -0.05) is 35.9 Å². The summed E-state index contributed by atoms with van der Waals surface area (Å²) in [5.74, 6) is 1.83. The summed E-state index contributed by atoms with van der Waals surface area (Å²) < 4.78 is 12.6. The molecule has 4 aromatic rings. The molecule has 3 aromatic carbocycles. The predicted molar refractivity (Wildman–Crippen MR) is 134 cm³/mol. The van der Waals surface area contributed by atoms with Gasteiger partial charge in [0.15, 0.2) is 5.75 Å². The highest BCUT2D eigenvalue weighted by Gasteiger charge is 2.24. The van der Waals surface area contributed by atoms with E-state index in [0.717, 1.165) is 44.4 Å². The van der Waals surface area contributed by atoms with Gasteiger partial charge < -0.3 is 9.47 Å². The summed E-state index contributed by atoms with van der Waals surface area (Å²) in [6.07, 6.45) is 3.91. The van der Waals surface area contributed by atoms with E-state index in [1.807, 2.05) is 75.4 Å². The van der Waals surface area contributed by atoms with E-state index in [-0.39, 0.29) is 5.78 Å². The molecule has 5 heteroatoms. The van der Waals surface area contributed by atoms with Crippen molar-refractivity contribution in [1.82, 2.24) is 0 Å². The molecule has 0 spiro atoms. The molecule has 0 aliphatic rings. The summed E-state index contributed by atoms with van der Waals surface area (Å²) in [5, 5.41) is 0.858. The van der Waals surface area contributed by atoms with E-state index >= 15 is 0 Å². The Balaban J connectivity index is 1.82. The number of benzene rings is 3. The number of carbonyl (C=O) groups is 2. The van der Waals surface area contributed by atoms with Crippen molar-refractivity contribution in [2.24, 2.45) is 0 Å². The van der Waals surface area contributed by atoms with Crippen LogP contribution in [0.15, 0.2) is 60.7 Å². The largest absolute Gasteiger partial charge is 0.497 e. The van der Waals surface area contributed by atoms with Gasteiger partial charge in [-0.05, 0) is 73.9 Å². The number of rotatable bonds is 7. The van der Waals surface area contributed by atoms with Gasteiger partial charge in [-0.3, -0.25) is 9.59 Å². The number of hydrogen-bond donors (Lipinski definition) is 0. The van der Waals surface area contributed by atoms with Crippen LogP contribution in [0.1, 0.15) is 37.5 Å². The third-order valence-electron chi connectivity index (χ3n) is 5.43. The van der Waals surface area contributed by atoms with Crippen LogP contribution in [0.5, 0.6) is 17.2 Å². The standard InChI is InChI=1S/C28H24O4S/c1-17-14-18(2)25(19(3)15-17)26(30)28-27(23-12-11-22(31-4)16-24(23)33-28)32-21-9-7-20(8-10-21)6-5-13-29/h5-16H,1-4H3/b6-5+. The maximum Gasteiger partial charge on any atom is 0.207 e. The summed E-state index contributed by atoms with van der Waals surface area (Å²) in [6, 6.07) is 17.2. The van der Waals surface area contributed by atoms with Crippen LogP contribution in [-0.2, 0) is 4.79 Å². The number of aryl methyl sites for hydroxylation is 3. The SMILES string of the molecule is COc1ccc2c(Oc3ccc(/C=C/C=O)cc3)c(C(=O)c3c(C)cc(C)cc3C)sc2c1. The second-order valence-corrected chi connectivity index (χ2v) is 8.94. The summed E-state index contributed by atoms with van der Waals surface area (Å²) in [7, 11) is 1.62. The molecule has 0 aliphatic heterocycles. The second-order valence-electron chi connectivity index (χ2n) is 7.89. The molecule has 0 amide bonds. The number of aldehydes is 1. The lowest BCUT2D eigenvalue weighted by Gasteiger charge is -2.12. The molecule has 4 rings (SSSR count). The van der Waals surface area contributed by atoms with Gasteiger partial charge in [0.05, 0.1) is 7.11 Å². The minimum absolute atomic E-state index is 0.0503. The van der Waals surface area contributed by atoms with Crippen LogP contribution in [0.25, 0.3) is 16.2 Å². The van der Waals surface area contributed by atoms with E-state index in [4.69, 9.17) is 9.47 Å². The van der Waals surface area contributed by atoms with Crippen molar-refractivity contribution in [2.45, 2.75) is 20.8 Å². The lowest BCUT2D eigenvalue weighted by molar-refractivity contribution is -0.104. The normalized spacial score (nSPS) is 11.2. The van der Waals surface area contributed by atoms with Crippen molar-refractivity contribution in [2.75, 3.05) is 7.11 Å². The number of allylic oxidation sites excluding steroid dienone is 1. The van der Waals surface area contributed by atoms with E-state index in [1.165, 1.54) is 17.4 Å². The first-order valence-corrected chi connectivity index (χ1v) is 11.4. The molecule has 0 saturated heterocycles. The molecule has 0 aliphatic carbocycles. The zero-order chi connectivity index (χ0) is 23.5. The number of ketones is 1. The van der Waals surface area contributed by atoms with Crippen molar-refractivity contribution < 1.29 is 19.1 Å². The minimum Gasteiger partial charge on any atom is -0.497 e. The average Bonchev–Trinajstić information content (AvgIpc) is 3.15. The molecule has 0 fully saturated rings. The van der Waals surface area contributed by atoms with Crippen LogP contribution in [0.2, 0.25) is 0 Å². The van der Waals surface area contributed by atoms with E-state index < -0.39 is 0 Å². The summed E-state index contributed by atoms with van der Waals surface area (Å²) in [6.45, 7) is 5.97. The van der Waals surface area contributed by atoms with Gasteiger partial charge in [-0.15, -0.1) is 11.3 Å². The van der Waals surface area contributed by atoms with Crippen LogP contribution in [-0.4, -0.2) is 19.2 Å². The van der Waals surface area contributed by atoms with Crippen molar-refractivity contribution in [1.29, 1.82) is 0 Å². The average molecular weight is 457 g/mol. The third-order valence-corrected chi connectivity index (χ3v) is 6.56. The fourth-order valence-corrected chi connectivity index (χ4v) is 5.10. The van der Waals surface area contributed by atoms with Crippen LogP contribution >= 0.6 is 11.3 Å². The molecule has 4 nitrogen and oxygen atoms in total. The Bertz CT molecular complexity index is 1350. The summed E-state index contributed by atoms with van der Waals surface area (Å²) in [5.41, 5.74) is 4.62. The highest BCUT2D eigenvalue weighted by Crippen LogP contribution is 2.43. The lowest BCUT2D eigenvalue weighted by Crippen LogP contribution is -2.06. The first-order chi connectivity index (χ1) is 15.9. The lowest BCUT2D eigenvalue weighted by atomic mass is 9.95. The van der Waals surface area contributed by atoms with Gasteiger partial charge in [-0.25, -0.2) is 0 Å². The van der Waals surface area contributed by atoms with Crippen LogP contribution in [0.3, 0.4) is 0 Å². The predicted octanol–water partition coefficient (Wildman–Crippen LogP) is 7.07. The Morgan fingerprint density at radius 2 is 1.58 bits per heavy atom. The number of thiophene rings is 1. The molecule has 0 atom stereocenters. The van der Waals surface area contributed by atoms with E-state index in [1.54, 1.807) is 13.2 Å². The highest BCUT2D eigenvalue weighted by molar-refractivity contribution is 7.21. The molecule has 166 valence electrons. The zero-order valence-electron chi connectivity index (χ0n) is 19.0. The molecule has 0 N–H and O–H groups in total. The molecule has 33 heavy (non-hydrogen) atoms. The Morgan fingerprint density at radius 3 is 2.21 bits per heavy atom. The first-order valence-electron chi connectivity index (χ1n) is 10.5. The van der Waals surface area contributed by atoms with Crippen LogP contribution in [0, 0.1) is 20.8 Å². The monoisotopic (exact) mass is 456 g/mol. The second kappa shape index (κ2) is 9.43. The fourth-order valence-electron chi connectivity index (χ4n) is 4.00. The Kier molecular flexibility index (Phi) is 6.43. The maximum atomic E-state index is 13.8. The first kappa shape index (κ1) is 22.5. The van der Waals surface area contributed by atoms with Crippen molar-refractivity contribution in [3.63, 3.8) is 0 Å². The molecule has 0 unspecified atom stereocenters. The van der Waals surface area contributed by atoms with Crippen LogP contribution in [0.4, 0.5) is 0 Å². The van der Waals surface area contributed by atoms with Gasteiger partial charge in [0.2, 0.25) is 5.78 Å². The number of ether oxygens (including phenoxy) is 2. The smallest absolute Gasteiger partial charge is 0.207 e. The molecule has 0 saturated carbocycles. The fraction of sp³-hybridized carbons (Fsp3) is 0.143. The maximum absolute atomic E-state index is 13.8. The number of carbonyl (C=O) groups excluding carboxylic acids is 2. The topological polar surface area (TPSA) is 52.6 Å². The third kappa shape index (κ3) is 4.59. The Labute approximate surface area is 197 Å². The quantitative estimate of drug-likeness (QED) is 0.170. The highest BCUT2D eigenvalue weighted by atomic mass is 32.1. The molecular formula is C28H24O4S. The molecule has 1 aromatic heterocycles. The number of fused-ring (bicyclic) bond motifs is 1. The van der Waals surface area contributed by atoms with Crippen molar-refractivity contribution in [3.8, 4) is 17.2 Å². The molecular weight excluding hydrogens is 432 g/mol. The number of methoxy groups -OCH3 is 1. The summed E-state index contributed by atoms with van der Waals surface area (Å²) >= 11 is 1.41. The van der Waals surface area contributed by atoms with E-state index in [0.29, 0.717) is 21.9 Å². The van der Waals surface area contributed by atoms with Crippen molar-refractivity contribution in [3.05, 3.63) is 93.4 Å². The minimum atomic E-state index is -0.0503. The Morgan fingerprint density at radius 1 is 0.909 bits per heavy atom. The van der Waals surface area contributed by atoms with E-state index in [9.17, 15) is 9.59 Å². The molecule has 1 heterocycles. The van der Waals surface area contributed by atoms with Gasteiger partial charge in [0, 0.05) is 15.6 Å². The van der Waals surface area contributed by atoms with Gasteiger partial charge >= 0.3 is 0 Å². The zero-order valence-corrected chi connectivity index (χ0v) is 19.8. The van der Waals surface area contributed by atoms with Crippen molar-refractivity contribution >= 4 is 39.6 Å². The van der Waals surface area contributed by atoms with E-state index in [2.05, 4.69) is 0 Å².